The van der Waals surface area contributed by atoms with Gasteiger partial charge in [-0.25, -0.2) is 0 Å². The van der Waals surface area contributed by atoms with Gasteiger partial charge in [0.05, 0.1) is 11.1 Å². The van der Waals surface area contributed by atoms with Gasteiger partial charge in [0.2, 0.25) is 0 Å². The normalized spacial score (nSPS) is 17.2. The van der Waals surface area contributed by atoms with Crippen LogP contribution in [0.2, 0.25) is 0 Å². The van der Waals surface area contributed by atoms with E-state index < -0.39 is 28.9 Å². The molecule has 1 aliphatic carbocycles. The lowest BCUT2D eigenvalue weighted by atomic mass is 9.97. The highest BCUT2D eigenvalue weighted by atomic mass is 32.1. The summed E-state index contributed by atoms with van der Waals surface area (Å²) in [4.78, 5) is 22.3. The third-order valence-electron chi connectivity index (χ3n) is 7.63. The Morgan fingerprint density at radius 1 is 0.512 bits per heavy atom. The van der Waals surface area contributed by atoms with Gasteiger partial charge in [0, 0.05) is 30.6 Å². The van der Waals surface area contributed by atoms with E-state index in [1.165, 1.54) is 38.1 Å². The van der Waals surface area contributed by atoms with E-state index in [2.05, 4.69) is 0 Å². The number of hydrogen-bond acceptors (Lipinski definition) is 4. The van der Waals surface area contributed by atoms with E-state index in [0.717, 1.165) is 22.7 Å². The van der Waals surface area contributed by atoms with Crippen molar-refractivity contribution in [2.24, 2.45) is 0 Å². The molecule has 2 aromatic carbocycles. The molecule has 0 unspecified atom stereocenters. The van der Waals surface area contributed by atoms with Crippen molar-refractivity contribution in [3.63, 3.8) is 0 Å². The summed E-state index contributed by atoms with van der Waals surface area (Å²) in [5, 5.41) is 0. The summed E-state index contributed by atoms with van der Waals surface area (Å²) < 4.78 is 92.6. The zero-order valence-electron chi connectivity index (χ0n) is 22.2. The molecule has 41 heavy (non-hydrogen) atoms. The number of allylic oxidation sites excluding steroid dienone is 2. The number of hydrogen-bond donors (Lipinski definition) is 0. The Morgan fingerprint density at radius 3 is 1.10 bits per heavy atom. The van der Waals surface area contributed by atoms with E-state index in [-0.39, 0.29) is 20.9 Å². The molecule has 0 amide bonds. The number of aldehydes is 2. The van der Waals surface area contributed by atoms with Crippen LogP contribution in [0.25, 0.3) is 32.0 Å². The molecule has 0 radical (unpaired) electrons. The Bertz CT molecular complexity index is 1600. The van der Waals surface area contributed by atoms with Crippen LogP contribution in [0.3, 0.4) is 0 Å². The highest BCUT2D eigenvalue weighted by Crippen LogP contribution is 2.67. The first-order chi connectivity index (χ1) is 19.2. The van der Waals surface area contributed by atoms with Crippen molar-refractivity contribution in [1.29, 1.82) is 0 Å². The lowest BCUT2D eigenvalue weighted by Crippen LogP contribution is -2.48. The molecule has 2 nitrogen and oxygen atoms in total. The summed E-state index contributed by atoms with van der Waals surface area (Å²) in [6, 6.07) is 12.4. The van der Waals surface area contributed by atoms with Gasteiger partial charge in [0.25, 0.3) is 0 Å². The van der Waals surface area contributed by atoms with Crippen LogP contribution in [0, 0.1) is 27.7 Å². The van der Waals surface area contributed by atoms with E-state index in [0.29, 0.717) is 55.7 Å². The van der Waals surface area contributed by atoms with Crippen molar-refractivity contribution in [3.05, 3.63) is 91.7 Å². The molecule has 0 saturated carbocycles. The van der Waals surface area contributed by atoms with Gasteiger partial charge in [-0.05, 0) is 61.1 Å². The average molecular weight is 605 g/mol. The largest absolute Gasteiger partial charge is 0.380 e. The molecular weight excluding hydrogens is 582 g/mol. The smallest absolute Gasteiger partial charge is 0.298 e. The monoisotopic (exact) mass is 604 g/mol. The summed E-state index contributed by atoms with van der Waals surface area (Å²) in [5.74, 6) is -16.0. The summed E-state index contributed by atoms with van der Waals surface area (Å²) in [6.45, 7) is 6.13. The molecule has 0 atom stereocenters. The van der Waals surface area contributed by atoms with Gasteiger partial charge in [0.15, 0.2) is 0 Å². The van der Waals surface area contributed by atoms with Crippen LogP contribution < -0.4 is 0 Å². The second kappa shape index (κ2) is 9.80. The SMILES string of the molecule is Cc1c(C2=C(c3sc(-c4ccc(C=O)cc4)c(C)c3C)C(F)(F)C(F)(F)C2(F)F)sc(-c2ccc(C=O)cc2)c1C. The molecule has 4 aromatic rings. The maximum atomic E-state index is 15.6. The van der Waals surface area contributed by atoms with Crippen LogP contribution in [0.4, 0.5) is 26.3 Å². The third-order valence-corrected chi connectivity index (χ3v) is 10.6. The van der Waals surface area contributed by atoms with E-state index in [4.69, 9.17) is 0 Å². The minimum Gasteiger partial charge on any atom is -0.298 e. The van der Waals surface area contributed by atoms with Crippen molar-refractivity contribution in [2.45, 2.75) is 45.5 Å². The fourth-order valence-corrected chi connectivity index (χ4v) is 7.79. The number of rotatable bonds is 6. The van der Waals surface area contributed by atoms with E-state index >= 15 is 26.3 Å². The van der Waals surface area contributed by atoms with Crippen LogP contribution in [0.5, 0.6) is 0 Å². The van der Waals surface area contributed by atoms with Gasteiger partial charge >= 0.3 is 17.8 Å². The molecule has 5 rings (SSSR count). The molecule has 2 heterocycles. The molecule has 0 bridgehead atoms. The second-order valence-electron chi connectivity index (χ2n) is 9.97. The molecule has 1 aliphatic rings. The summed E-state index contributed by atoms with van der Waals surface area (Å²) >= 11 is 1.50. The van der Waals surface area contributed by atoms with E-state index in [1.54, 1.807) is 38.1 Å². The fraction of sp³-hybridized carbons (Fsp3) is 0.226. The van der Waals surface area contributed by atoms with Crippen molar-refractivity contribution in [2.75, 3.05) is 0 Å². The number of halogens is 6. The molecule has 0 spiro atoms. The maximum Gasteiger partial charge on any atom is 0.380 e. The predicted octanol–water partition coefficient (Wildman–Crippen LogP) is 9.83. The van der Waals surface area contributed by atoms with Crippen molar-refractivity contribution in [3.8, 4) is 20.9 Å². The van der Waals surface area contributed by atoms with Gasteiger partial charge in [-0.1, -0.05) is 48.5 Å². The Kier molecular flexibility index (Phi) is 6.94. The Balaban J connectivity index is 1.79. The summed E-state index contributed by atoms with van der Waals surface area (Å²) in [5.41, 5.74) is 0.458. The molecule has 0 aliphatic heterocycles. The number of carbonyl (C=O) groups is 2. The fourth-order valence-electron chi connectivity index (χ4n) is 4.98. The first-order valence-electron chi connectivity index (χ1n) is 12.4. The lowest BCUT2D eigenvalue weighted by Gasteiger charge is -2.25. The predicted molar refractivity (Wildman–Crippen MR) is 151 cm³/mol. The minimum absolute atomic E-state index is 0.195. The van der Waals surface area contributed by atoms with Crippen molar-refractivity contribution >= 4 is 46.4 Å². The Morgan fingerprint density at radius 2 is 0.805 bits per heavy atom. The van der Waals surface area contributed by atoms with Crippen LogP contribution in [-0.4, -0.2) is 30.3 Å². The van der Waals surface area contributed by atoms with E-state index in [9.17, 15) is 9.59 Å². The Labute approximate surface area is 240 Å². The highest BCUT2D eigenvalue weighted by molar-refractivity contribution is 7.18. The second-order valence-corrected chi connectivity index (χ2v) is 12.0. The van der Waals surface area contributed by atoms with Gasteiger partial charge in [-0.3, -0.25) is 9.59 Å². The first-order valence-corrected chi connectivity index (χ1v) is 14.0. The lowest BCUT2D eigenvalue weighted by molar-refractivity contribution is -0.254. The van der Waals surface area contributed by atoms with Crippen LogP contribution >= 0.6 is 22.7 Å². The van der Waals surface area contributed by atoms with Gasteiger partial charge in [-0.15, -0.1) is 22.7 Å². The molecule has 10 heteroatoms. The van der Waals surface area contributed by atoms with Crippen LogP contribution in [0.15, 0.2) is 48.5 Å². The van der Waals surface area contributed by atoms with Crippen molar-refractivity contribution in [1.82, 2.24) is 0 Å². The standard InChI is InChI=1S/C31H22F6O2S2/c1-15-17(3)27(40-25(15)21-9-5-19(13-38)6-10-21)23-24(30(34,35)31(36,37)29(23,32)33)28-18(4)16(2)26(41-28)22-11-7-20(14-39)8-12-22/h5-14H,1-4H3. The maximum absolute atomic E-state index is 15.6. The number of alkyl halides is 6. The number of carbonyl (C=O) groups excluding carboxylic acids is 2. The highest BCUT2D eigenvalue weighted by Gasteiger charge is 2.80. The van der Waals surface area contributed by atoms with Crippen LogP contribution in [-0.2, 0) is 0 Å². The molecule has 2 aromatic heterocycles. The van der Waals surface area contributed by atoms with Gasteiger partial charge in [-0.2, -0.15) is 26.3 Å². The summed E-state index contributed by atoms with van der Waals surface area (Å²) in [7, 11) is 0. The zero-order chi connectivity index (χ0) is 30.1. The first kappa shape index (κ1) is 29.0. The molecule has 212 valence electrons. The Hall–Kier alpha value is -3.50. The molecule has 0 fully saturated rings. The van der Waals surface area contributed by atoms with Gasteiger partial charge < -0.3 is 0 Å². The van der Waals surface area contributed by atoms with E-state index in [1.807, 2.05) is 0 Å². The van der Waals surface area contributed by atoms with Crippen molar-refractivity contribution < 1.29 is 35.9 Å². The van der Waals surface area contributed by atoms with Gasteiger partial charge in [0.1, 0.15) is 12.6 Å². The summed E-state index contributed by atoms with van der Waals surface area (Å²) in [6.07, 6.45) is 1.27. The minimum atomic E-state index is -5.67. The number of benzene rings is 2. The quantitative estimate of drug-likeness (QED) is 0.162. The molecule has 0 saturated heterocycles. The van der Waals surface area contributed by atoms with Crippen LogP contribution in [0.1, 0.15) is 52.7 Å². The molecular formula is C31H22F6O2S2. The molecule has 0 N–H and O–H groups in total. The third kappa shape index (κ3) is 4.14. The number of thiophene rings is 2. The zero-order valence-corrected chi connectivity index (χ0v) is 23.8. The average Bonchev–Trinajstić information content (AvgIpc) is 3.44. The topological polar surface area (TPSA) is 34.1 Å².